The van der Waals surface area contributed by atoms with E-state index < -0.39 is 31.9 Å². The Bertz CT molecular complexity index is 806. The number of hydrogen-bond acceptors (Lipinski definition) is 6. The van der Waals surface area contributed by atoms with Crippen LogP contribution in [0.4, 0.5) is 0 Å². The topological polar surface area (TPSA) is 86.7 Å². The van der Waals surface area contributed by atoms with E-state index in [-0.39, 0.29) is 17.1 Å². The molecule has 2 rings (SSSR count). The molecule has 124 valence electrons. The van der Waals surface area contributed by atoms with Gasteiger partial charge in [-0.15, -0.1) is 6.42 Å². The zero-order chi connectivity index (χ0) is 17.3. The fourth-order valence-electron chi connectivity index (χ4n) is 2.13. The highest BCUT2D eigenvalue weighted by Gasteiger charge is 2.60. The van der Waals surface area contributed by atoms with E-state index >= 15 is 0 Å². The van der Waals surface area contributed by atoms with E-state index in [0.717, 1.165) is 6.42 Å². The lowest BCUT2D eigenvalue weighted by Crippen LogP contribution is -2.43. The second-order valence-electron chi connectivity index (χ2n) is 5.06. The number of unbranched alkanes of at least 4 members (excludes halogenated alkanes) is 1. The summed E-state index contributed by atoms with van der Waals surface area (Å²) in [7, 11) is -4.34. The Morgan fingerprint density at radius 3 is 2.70 bits per heavy atom. The number of sulfone groups is 1. The molecular weight excluding hydrogens is 340 g/mol. The Balaban J connectivity index is 2.42. The van der Waals surface area contributed by atoms with Gasteiger partial charge in [0.05, 0.1) is 11.5 Å². The molecule has 0 saturated carbocycles. The third kappa shape index (κ3) is 2.85. The van der Waals surface area contributed by atoms with E-state index in [9.17, 15) is 17.4 Å². The summed E-state index contributed by atoms with van der Waals surface area (Å²) in [5.41, 5.74) is 0.576. The third-order valence-electron chi connectivity index (χ3n) is 3.40. The maximum absolute atomic E-state index is 12.7. The fourth-order valence-corrected chi connectivity index (χ4v) is 4.89. The van der Waals surface area contributed by atoms with Crippen LogP contribution in [0.15, 0.2) is 23.1 Å². The minimum atomic E-state index is -4.34. The molecule has 1 aliphatic heterocycles. The molecule has 0 bridgehead atoms. The van der Waals surface area contributed by atoms with Crippen molar-refractivity contribution in [1.82, 2.24) is 0 Å². The number of carbonyl (C=O) groups is 1. The van der Waals surface area contributed by atoms with Gasteiger partial charge < -0.3 is 0 Å². The van der Waals surface area contributed by atoms with E-state index in [2.05, 4.69) is 0 Å². The van der Waals surface area contributed by atoms with Crippen LogP contribution in [0.25, 0.3) is 0 Å². The lowest BCUT2D eigenvalue weighted by Gasteiger charge is -2.18. The fraction of sp³-hybridized carbons (Fsp3) is 0.400. The van der Waals surface area contributed by atoms with Gasteiger partial charge in [0.1, 0.15) is 0 Å². The summed E-state index contributed by atoms with van der Waals surface area (Å²) < 4.78 is 47.0. The van der Waals surface area contributed by atoms with E-state index in [1.54, 1.807) is 13.0 Å². The van der Waals surface area contributed by atoms with Crippen molar-refractivity contribution in [2.45, 2.75) is 36.5 Å². The van der Waals surface area contributed by atoms with Gasteiger partial charge in [0.15, 0.2) is 0 Å². The van der Waals surface area contributed by atoms with Crippen LogP contribution in [-0.2, 0) is 29.6 Å². The van der Waals surface area contributed by atoms with Gasteiger partial charge in [-0.1, -0.05) is 19.4 Å². The van der Waals surface area contributed by atoms with Crippen LogP contribution in [-0.4, -0.2) is 29.9 Å². The molecular formula is C15H16O6S2. The zero-order valence-electron chi connectivity index (χ0n) is 12.7. The molecule has 0 saturated heterocycles. The minimum Gasteiger partial charge on any atom is -0.288 e. The predicted octanol–water partition coefficient (Wildman–Crippen LogP) is 1.71. The molecule has 0 fully saturated rings. The van der Waals surface area contributed by atoms with Crippen LogP contribution in [0.1, 0.15) is 35.7 Å². The standard InChI is InChI=1S/C15H16O6S2/c1-4-6-9-20-22(17)21-15(5-2)14(16)12-8-7-11(3)10-13(12)23(15,18)19/h2,7-8,10H,4,6,9H2,1,3H3. The van der Waals surface area contributed by atoms with Crippen molar-refractivity contribution in [3.63, 3.8) is 0 Å². The van der Waals surface area contributed by atoms with Gasteiger partial charge in [0.2, 0.25) is 15.6 Å². The van der Waals surface area contributed by atoms with Gasteiger partial charge in [-0.05, 0) is 37.0 Å². The normalized spacial score (nSPS) is 23.3. The summed E-state index contributed by atoms with van der Waals surface area (Å²) in [6.07, 6.45) is 6.69. The first kappa shape index (κ1) is 17.8. The first-order valence-corrected chi connectivity index (χ1v) is 9.41. The van der Waals surface area contributed by atoms with Crippen molar-refractivity contribution >= 4 is 27.0 Å². The highest BCUT2D eigenvalue weighted by molar-refractivity contribution is 7.95. The SMILES string of the molecule is C#CC1(OS(=O)OCCCC)C(=O)c2ccc(C)cc2S1(=O)=O. The summed E-state index contributed by atoms with van der Waals surface area (Å²) in [6.45, 7) is 3.69. The van der Waals surface area contributed by atoms with Gasteiger partial charge in [0, 0.05) is 5.56 Å². The molecule has 0 radical (unpaired) electrons. The average molecular weight is 356 g/mol. The quantitative estimate of drug-likeness (QED) is 0.570. The Hall–Kier alpha value is -1.53. The van der Waals surface area contributed by atoms with Gasteiger partial charge in [-0.2, -0.15) is 4.21 Å². The van der Waals surface area contributed by atoms with Gasteiger partial charge in [-0.3, -0.25) is 8.98 Å². The highest BCUT2D eigenvalue weighted by Crippen LogP contribution is 2.40. The number of benzene rings is 1. The second kappa shape index (κ2) is 6.53. The van der Waals surface area contributed by atoms with Gasteiger partial charge in [-0.25, -0.2) is 12.6 Å². The molecule has 0 amide bonds. The zero-order valence-corrected chi connectivity index (χ0v) is 14.3. The number of carbonyl (C=O) groups excluding carboxylic acids is 1. The molecule has 1 aliphatic rings. The van der Waals surface area contributed by atoms with Crippen molar-refractivity contribution in [1.29, 1.82) is 0 Å². The molecule has 8 heteroatoms. The Morgan fingerprint density at radius 2 is 2.09 bits per heavy atom. The van der Waals surface area contributed by atoms with Crippen LogP contribution in [0.5, 0.6) is 0 Å². The Kier molecular flexibility index (Phi) is 5.06. The molecule has 1 aromatic rings. The first-order valence-electron chi connectivity index (χ1n) is 6.92. The Morgan fingerprint density at radius 1 is 1.39 bits per heavy atom. The molecule has 1 aromatic carbocycles. The lowest BCUT2D eigenvalue weighted by molar-refractivity contribution is 0.0809. The second-order valence-corrected chi connectivity index (χ2v) is 7.89. The van der Waals surface area contributed by atoms with Crippen LogP contribution >= 0.6 is 0 Å². The molecule has 0 N–H and O–H groups in total. The molecule has 1 heterocycles. The summed E-state index contributed by atoms with van der Waals surface area (Å²) in [4.78, 5) is 9.64. The molecule has 6 nitrogen and oxygen atoms in total. The van der Waals surface area contributed by atoms with Gasteiger partial charge >= 0.3 is 16.3 Å². The molecule has 0 spiro atoms. The number of hydrogen-bond donors (Lipinski definition) is 0. The summed E-state index contributed by atoms with van der Waals surface area (Å²) in [6, 6.07) is 4.30. The monoisotopic (exact) mass is 356 g/mol. The van der Waals surface area contributed by atoms with E-state index in [4.69, 9.17) is 14.8 Å². The van der Waals surface area contributed by atoms with Crippen molar-refractivity contribution in [3.05, 3.63) is 29.3 Å². The summed E-state index contributed by atoms with van der Waals surface area (Å²) >= 11 is -2.45. The van der Waals surface area contributed by atoms with E-state index in [0.29, 0.717) is 12.0 Å². The maximum atomic E-state index is 12.7. The highest BCUT2D eigenvalue weighted by atomic mass is 32.2. The van der Waals surface area contributed by atoms with Crippen molar-refractivity contribution < 1.29 is 25.8 Å². The van der Waals surface area contributed by atoms with Gasteiger partial charge in [0.25, 0.3) is 0 Å². The smallest absolute Gasteiger partial charge is 0.288 e. The third-order valence-corrected chi connectivity index (χ3v) is 6.31. The molecule has 2 unspecified atom stereocenters. The molecule has 2 atom stereocenters. The minimum absolute atomic E-state index is 0.0703. The molecule has 0 aromatic heterocycles. The summed E-state index contributed by atoms with van der Waals surface area (Å²) in [5, 5.41) is 0. The van der Waals surface area contributed by atoms with Crippen molar-refractivity contribution in [3.8, 4) is 12.3 Å². The number of terminal acetylenes is 1. The molecule has 23 heavy (non-hydrogen) atoms. The van der Waals surface area contributed by atoms with E-state index in [1.807, 2.05) is 12.8 Å². The van der Waals surface area contributed by atoms with Crippen LogP contribution in [0.3, 0.4) is 0 Å². The van der Waals surface area contributed by atoms with E-state index in [1.165, 1.54) is 12.1 Å². The van der Waals surface area contributed by atoms with Crippen molar-refractivity contribution in [2.75, 3.05) is 6.61 Å². The number of fused-ring (bicyclic) bond motifs is 1. The van der Waals surface area contributed by atoms with Crippen molar-refractivity contribution in [2.24, 2.45) is 0 Å². The number of aryl methyl sites for hydroxylation is 1. The molecule has 0 aliphatic carbocycles. The van der Waals surface area contributed by atoms with Crippen LogP contribution < -0.4 is 0 Å². The number of rotatable bonds is 6. The largest absolute Gasteiger partial charge is 0.313 e. The number of Topliss-reactive ketones (excluding diaryl/α,β-unsaturated/α-hetero) is 1. The summed E-state index contributed by atoms with van der Waals surface area (Å²) in [5.74, 6) is 0.944. The van der Waals surface area contributed by atoms with Crippen LogP contribution in [0, 0.1) is 19.3 Å². The van der Waals surface area contributed by atoms with Crippen LogP contribution in [0.2, 0.25) is 0 Å². The Labute approximate surface area is 138 Å². The first-order chi connectivity index (χ1) is 10.8. The maximum Gasteiger partial charge on any atom is 0.313 e. The average Bonchev–Trinajstić information content (AvgIpc) is 2.66. The predicted molar refractivity (Wildman–Crippen MR) is 84.3 cm³/mol. The lowest BCUT2D eigenvalue weighted by atomic mass is 10.1. The number of ketones is 1.